The molecule has 13 heavy (non-hydrogen) atoms. The summed E-state index contributed by atoms with van der Waals surface area (Å²) >= 11 is 0. The minimum Gasteiger partial charge on any atom is -0.506 e. The van der Waals surface area contributed by atoms with Gasteiger partial charge in [-0.1, -0.05) is 6.92 Å². The average molecular weight is 177 g/mol. The zero-order chi connectivity index (χ0) is 9.42. The molecule has 0 spiro atoms. The number of carbonyl (C=O) groups excluding carboxylic acids is 1. The first kappa shape index (κ1) is 8.23. The number of nitrogens with zero attached hydrogens (tertiary/aromatic N) is 1. The van der Waals surface area contributed by atoms with Crippen LogP contribution in [0, 0.1) is 5.92 Å². The lowest BCUT2D eigenvalue weighted by Gasteiger charge is -2.18. The number of fused-ring (bicyclic) bond motifs is 1. The molecule has 1 aliphatic rings. The maximum absolute atomic E-state index is 11.5. The predicted molar refractivity (Wildman–Crippen MR) is 47.7 cm³/mol. The predicted octanol–water partition coefficient (Wildman–Crippen LogP) is 1.55. The molecule has 0 saturated heterocycles. The Kier molecular flexibility index (Phi) is 1.79. The van der Waals surface area contributed by atoms with Crippen LogP contribution < -0.4 is 0 Å². The van der Waals surface area contributed by atoms with Gasteiger partial charge in [0.1, 0.15) is 5.75 Å². The Morgan fingerprint density at radius 2 is 2.31 bits per heavy atom. The zero-order valence-corrected chi connectivity index (χ0v) is 7.45. The van der Waals surface area contributed by atoms with Gasteiger partial charge in [0, 0.05) is 12.0 Å². The third-order valence-corrected chi connectivity index (χ3v) is 2.33. The standard InChI is InChI=1S/C10H11NO2/c1-6-2-9-8(10(13)3-6)4-7(12)5-11-9/h4-6,12H,2-3H2,1H3. The molecule has 1 aromatic rings. The molecule has 0 aliphatic heterocycles. The fourth-order valence-corrected chi connectivity index (χ4v) is 1.71. The molecule has 0 bridgehead atoms. The van der Waals surface area contributed by atoms with Gasteiger partial charge in [-0.15, -0.1) is 0 Å². The highest BCUT2D eigenvalue weighted by atomic mass is 16.3. The van der Waals surface area contributed by atoms with Crippen molar-refractivity contribution in [3.05, 3.63) is 23.5 Å². The average Bonchev–Trinajstić information content (AvgIpc) is 2.06. The van der Waals surface area contributed by atoms with E-state index in [1.165, 1.54) is 12.3 Å². The van der Waals surface area contributed by atoms with Crippen LogP contribution in [0.1, 0.15) is 29.4 Å². The molecule has 0 fully saturated rings. The van der Waals surface area contributed by atoms with Crippen molar-refractivity contribution in [3.63, 3.8) is 0 Å². The van der Waals surface area contributed by atoms with E-state index in [9.17, 15) is 4.79 Å². The van der Waals surface area contributed by atoms with Crippen molar-refractivity contribution in [1.29, 1.82) is 0 Å². The Morgan fingerprint density at radius 1 is 1.54 bits per heavy atom. The molecule has 68 valence electrons. The van der Waals surface area contributed by atoms with Crippen molar-refractivity contribution in [2.75, 3.05) is 0 Å². The normalized spacial score (nSPS) is 21.3. The lowest BCUT2D eigenvalue weighted by molar-refractivity contribution is 0.0951. The Balaban J connectivity index is 2.49. The SMILES string of the molecule is CC1CC(=O)c2cc(O)cnc2C1. The second-order valence-corrected chi connectivity index (χ2v) is 3.62. The zero-order valence-electron chi connectivity index (χ0n) is 7.45. The number of Topliss-reactive ketones (excluding diaryl/α,β-unsaturated/α-hetero) is 1. The monoisotopic (exact) mass is 177 g/mol. The summed E-state index contributed by atoms with van der Waals surface area (Å²) in [5.74, 6) is 0.538. The van der Waals surface area contributed by atoms with E-state index in [0.717, 1.165) is 12.1 Å². The maximum Gasteiger partial charge on any atom is 0.165 e. The van der Waals surface area contributed by atoms with Gasteiger partial charge in [-0.3, -0.25) is 9.78 Å². The van der Waals surface area contributed by atoms with Crippen LogP contribution in [0.2, 0.25) is 0 Å². The minimum absolute atomic E-state index is 0.0710. The fraction of sp³-hybridized carbons (Fsp3) is 0.400. The summed E-state index contributed by atoms with van der Waals surface area (Å²) in [6, 6.07) is 1.51. The van der Waals surface area contributed by atoms with E-state index in [0.29, 0.717) is 17.9 Å². The van der Waals surface area contributed by atoms with Crippen molar-refractivity contribution in [2.24, 2.45) is 5.92 Å². The third-order valence-electron chi connectivity index (χ3n) is 2.33. The van der Waals surface area contributed by atoms with E-state index < -0.39 is 0 Å². The van der Waals surface area contributed by atoms with E-state index in [2.05, 4.69) is 4.98 Å². The number of hydrogen-bond acceptors (Lipinski definition) is 3. The number of pyridine rings is 1. The van der Waals surface area contributed by atoms with Crippen molar-refractivity contribution in [2.45, 2.75) is 19.8 Å². The van der Waals surface area contributed by atoms with Gasteiger partial charge < -0.3 is 5.11 Å². The van der Waals surface area contributed by atoms with Gasteiger partial charge in [-0.25, -0.2) is 0 Å². The van der Waals surface area contributed by atoms with Gasteiger partial charge in [0.25, 0.3) is 0 Å². The van der Waals surface area contributed by atoms with Crippen LogP contribution in [-0.2, 0) is 6.42 Å². The Labute approximate surface area is 76.4 Å². The number of ketones is 1. The molecular weight excluding hydrogens is 166 g/mol. The van der Waals surface area contributed by atoms with Crippen molar-refractivity contribution < 1.29 is 9.90 Å². The number of hydrogen-bond donors (Lipinski definition) is 1. The van der Waals surface area contributed by atoms with E-state index in [1.54, 1.807) is 0 Å². The van der Waals surface area contributed by atoms with Crippen LogP contribution in [0.5, 0.6) is 5.75 Å². The second kappa shape index (κ2) is 2.83. The minimum atomic E-state index is 0.0710. The molecule has 3 heteroatoms. The largest absolute Gasteiger partial charge is 0.506 e. The van der Waals surface area contributed by atoms with Crippen LogP contribution >= 0.6 is 0 Å². The van der Waals surface area contributed by atoms with Crippen LogP contribution in [0.3, 0.4) is 0 Å². The van der Waals surface area contributed by atoms with Gasteiger partial charge >= 0.3 is 0 Å². The highest BCUT2D eigenvalue weighted by Crippen LogP contribution is 2.25. The van der Waals surface area contributed by atoms with Crippen LogP contribution in [0.25, 0.3) is 0 Å². The molecule has 0 radical (unpaired) electrons. The summed E-state index contributed by atoms with van der Waals surface area (Å²) in [6.45, 7) is 2.04. The molecule has 1 atom stereocenters. The van der Waals surface area contributed by atoms with Gasteiger partial charge in [0.05, 0.1) is 11.9 Å². The molecule has 1 heterocycles. The second-order valence-electron chi connectivity index (χ2n) is 3.62. The van der Waals surface area contributed by atoms with Gasteiger partial charge in [-0.05, 0) is 18.4 Å². The molecule has 1 aromatic heterocycles. The third kappa shape index (κ3) is 1.41. The first-order chi connectivity index (χ1) is 6.16. The first-order valence-electron chi connectivity index (χ1n) is 4.38. The van der Waals surface area contributed by atoms with E-state index in [4.69, 9.17) is 5.11 Å². The molecule has 0 aromatic carbocycles. The Morgan fingerprint density at radius 3 is 3.08 bits per heavy atom. The highest BCUT2D eigenvalue weighted by molar-refractivity contribution is 5.98. The number of aromatic nitrogens is 1. The van der Waals surface area contributed by atoms with Crippen molar-refractivity contribution in [1.82, 2.24) is 4.98 Å². The number of aromatic hydroxyl groups is 1. The number of rotatable bonds is 0. The summed E-state index contributed by atoms with van der Waals surface area (Å²) in [4.78, 5) is 15.5. The van der Waals surface area contributed by atoms with E-state index in [1.807, 2.05) is 6.92 Å². The molecule has 0 saturated carbocycles. The first-order valence-corrected chi connectivity index (χ1v) is 4.38. The molecule has 0 amide bonds. The van der Waals surface area contributed by atoms with Crippen LogP contribution in [0.4, 0.5) is 0 Å². The summed E-state index contributed by atoms with van der Waals surface area (Å²) < 4.78 is 0. The van der Waals surface area contributed by atoms with Crippen LogP contribution in [-0.4, -0.2) is 15.9 Å². The summed E-state index contributed by atoms with van der Waals surface area (Å²) in [7, 11) is 0. The van der Waals surface area contributed by atoms with E-state index >= 15 is 0 Å². The fourth-order valence-electron chi connectivity index (χ4n) is 1.71. The van der Waals surface area contributed by atoms with E-state index in [-0.39, 0.29) is 11.5 Å². The molecule has 3 nitrogen and oxygen atoms in total. The number of carbonyl (C=O) groups is 1. The summed E-state index contributed by atoms with van der Waals surface area (Å²) in [5, 5.41) is 9.16. The van der Waals surface area contributed by atoms with Gasteiger partial charge in [0.2, 0.25) is 0 Å². The molecule has 2 rings (SSSR count). The van der Waals surface area contributed by atoms with Gasteiger partial charge in [-0.2, -0.15) is 0 Å². The summed E-state index contributed by atoms with van der Waals surface area (Å²) in [5.41, 5.74) is 1.42. The lowest BCUT2D eigenvalue weighted by Crippen LogP contribution is -2.18. The topological polar surface area (TPSA) is 50.2 Å². The quantitative estimate of drug-likeness (QED) is 0.654. The molecule has 1 N–H and O–H groups in total. The molecule has 1 aliphatic carbocycles. The van der Waals surface area contributed by atoms with Crippen molar-refractivity contribution in [3.8, 4) is 5.75 Å². The Hall–Kier alpha value is -1.38. The Bertz CT molecular complexity index is 360. The lowest BCUT2D eigenvalue weighted by atomic mass is 9.87. The molecule has 1 unspecified atom stereocenters. The van der Waals surface area contributed by atoms with Crippen molar-refractivity contribution >= 4 is 5.78 Å². The van der Waals surface area contributed by atoms with Gasteiger partial charge in [0.15, 0.2) is 5.78 Å². The van der Waals surface area contributed by atoms with Crippen LogP contribution in [0.15, 0.2) is 12.3 Å². The highest BCUT2D eigenvalue weighted by Gasteiger charge is 2.23. The smallest absolute Gasteiger partial charge is 0.165 e. The maximum atomic E-state index is 11.5. The molecular formula is C10H11NO2. The summed E-state index contributed by atoms with van der Waals surface area (Å²) in [6.07, 6.45) is 2.80.